The van der Waals surface area contributed by atoms with Crippen molar-refractivity contribution < 1.29 is 13.5 Å². The first-order valence-corrected chi connectivity index (χ1v) is 16.6. The van der Waals surface area contributed by atoms with Crippen molar-refractivity contribution in [1.82, 2.24) is 0 Å². The van der Waals surface area contributed by atoms with Crippen LogP contribution in [0.25, 0.3) is 0 Å². The molecule has 0 saturated heterocycles. The van der Waals surface area contributed by atoms with Gasteiger partial charge in [-0.25, -0.2) is 0 Å². The van der Waals surface area contributed by atoms with Crippen LogP contribution in [0.4, 0.5) is 8.78 Å². The van der Waals surface area contributed by atoms with Crippen LogP contribution in [0, 0.1) is 11.8 Å². The highest BCUT2D eigenvalue weighted by atomic mass is 19.3. The third-order valence-electron chi connectivity index (χ3n) is 9.89. The molecule has 0 aliphatic heterocycles. The lowest BCUT2D eigenvalue weighted by Gasteiger charge is -2.29. The summed E-state index contributed by atoms with van der Waals surface area (Å²) in [5, 5.41) is 0. The lowest BCUT2D eigenvalue weighted by atomic mass is 9.77. The minimum atomic E-state index is -3.17. The molecule has 222 valence electrons. The van der Waals surface area contributed by atoms with Crippen molar-refractivity contribution in [2.75, 3.05) is 0 Å². The molecule has 2 saturated carbocycles. The number of hydrogen-bond acceptors (Lipinski definition) is 1. The summed E-state index contributed by atoms with van der Waals surface area (Å²) in [4.78, 5) is 0. The maximum Gasteiger partial charge on any atom is 0.360 e. The zero-order valence-corrected chi connectivity index (χ0v) is 25.3. The molecule has 0 radical (unpaired) electrons. The summed E-state index contributed by atoms with van der Waals surface area (Å²) in [7, 11) is 0. The van der Waals surface area contributed by atoms with Crippen LogP contribution in [0.15, 0.2) is 48.5 Å². The molecule has 0 bridgehead atoms. The van der Waals surface area contributed by atoms with Crippen molar-refractivity contribution in [1.29, 1.82) is 0 Å². The standard InChI is InChI=1S/C37H54F2O/c1-3-5-7-9-29-11-19-33(20-12-29)35-23-15-31(16-24-35)27-37(38,39)40-28-32-17-25-36(26-18-32)34-21-13-30(14-22-34)10-8-6-4-2/h15-18,23-26,29-30,33-34H,3-14,19-22,27-28H2,1-2H3. The van der Waals surface area contributed by atoms with Gasteiger partial charge in [0.25, 0.3) is 0 Å². The fraction of sp³-hybridized carbons (Fsp3) is 0.676. The Balaban J connectivity index is 1.18. The molecule has 0 unspecified atom stereocenters. The molecule has 2 aliphatic carbocycles. The molecule has 4 rings (SSSR count). The van der Waals surface area contributed by atoms with E-state index in [0.717, 1.165) is 17.4 Å². The van der Waals surface area contributed by atoms with E-state index in [2.05, 4.69) is 38.1 Å². The Bertz CT molecular complexity index is 951. The average molecular weight is 553 g/mol. The van der Waals surface area contributed by atoms with Gasteiger partial charge in [0, 0.05) is 0 Å². The Hall–Kier alpha value is -1.74. The molecular weight excluding hydrogens is 498 g/mol. The van der Waals surface area contributed by atoms with Crippen LogP contribution in [-0.4, -0.2) is 6.11 Å². The smallest absolute Gasteiger partial charge is 0.315 e. The SMILES string of the molecule is CCCCCC1CCC(c2ccc(COC(F)(F)Cc3ccc(C4CCC(CCCCC)CC4)cc3)cc2)CC1. The molecule has 2 aromatic rings. The maximum atomic E-state index is 14.7. The predicted octanol–water partition coefficient (Wildman–Crippen LogP) is 11.7. The molecule has 40 heavy (non-hydrogen) atoms. The molecule has 0 heterocycles. The van der Waals surface area contributed by atoms with Gasteiger partial charge in [0.05, 0.1) is 13.0 Å². The first kappa shape index (κ1) is 31.2. The monoisotopic (exact) mass is 552 g/mol. The summed E-state index contributed by atoms with van der Waals surface area (Å²) in [6, 6.07) is 16.1. The molecule has 0 aromatic heterocycles. The normalized spacial score (nSPS) is 23.8. The van der Waals surface area contributed by atoms with Gasteiger partial charge in [-0.2, -0.15) is 8.78 Å². The Labute approximate surface area is 243 Å². The first-order chi connectivity index (χ1) is 19.5. The van der Waals surface area contributed by atoms with E-state index in [0.29, 0.717) is 17.4 Å². The van der Waals surface area contributed by atoms with Crippen LogP contribution in [0.3, 0.4) is 0 Å². The average Bonchev–Trinajstić information content (AvgIpc) is 2.98. The topological polar surface area (TPSA) is 9.23 Å². The fourth-order valence-corrected chi connectivity index (χ4v) is 7.21. The number of ether oxygens (including phenoxy) is 1. The van der Waals surface area contributed by atoms with E-state index in [4.69, 9.17) is 4.74 Å². The van der Waals surface area contributed by atoms with Gasteiger partial charge in [0.1, 0.15) is 0 Å². The minimum absolute atomic E-state index is 0.0585. The lowest BCUT2D eigenvalue weighted by molar-refractivity contribution is -0.244. The summed E-state index contributed by atoms with van der Waals surface area (Å²) < 4.78 is 34.6. The second kappa shape index (κ2) is 16.0. The number of hydrogen-bond donors (Lipinski definition) is 0. The predicted molar refractivity (Wildman–Crippen MR) is 164 cm³/mol. The van der Waals surface area contributed by atoms with Gasteiger partial charge in [0.2, 0.25) is 0 Å². The quantitative estimate of drug-likeness (QED) is 0.200. The van der Waals surface area contributed by atoms with Crippen molar-refractivity contribution in [3.63, 3.8) is 0 Å². The fourth-order valence-electron chi connectivity index (χ4n) is 7.21. The van der Waals surface area contributed by atoms with Crippen molar-refractivity contribution in [2.45, 2.75) is 148 Å². The molecular formula is C37H54F2O. The Morgan fingerprint density at radius 1 is 0.600 bits per heavy atom. The van der Waals surface area contributed by atoms with Gasteiger partial charge in [-0.05, 0) is 97.3 Å². The van der Waals surface area contributed by atoms with E-state index >= 15 is 0 Å². The van der Waals surface area contributed by atoms with E-state index in [1.807, 2.05) is 24.3 Å². The zero-order valence-electron chi connectivity index (χ0n) is 25.3. The number of rotatable bonds is 15. The molecule has 0 spiro atoms. The summed E-state index contributed by atoms with van der Waals surface area (Å²) in [6.45, 7) is 4.48. The van der Waals surface area contributed by atoms with Crippen LogP contribution in [0.5, 0.6) is 0 Å². The summed E-state index contributed by atoms with van der Waals surface area (Å²) in [5.41, 5.74) is 4.12. The largest absolute Gasteiger partial charge is 0.360 e. The van der Waals surface area contributed by atoms with Gasteiger partial charge < -0.3 is 4.74 Å². The van der Waals surface area contributed by atoms with Gasteiger partial charge in [-0.3, -0.25) is 0 Å². The Kier molecular flexibility index (Phi) is 12.5. The van der Waals surface area contributed by atoms with E-state index < -0.39 is 6.11 Å². The molecule has 2 aromatic carbocycles. The van der Waals surface area contributed by atoms with Gasteiger partial charge in [-0.15, -0.1) is 0 Å². The van der Waals surface area contributed by atoms with Crippen LogP contribution in [-0.2, 0) is 17.8 Å². The molecule has 0 atom stereocenters. The third kappa shape index (κ3) is 9.97. The maximum absolute atomic E-state index is 14.7. The third-order valence-corrected chi connectivity index (χ3v) is 9.89. The number of unbranched alkanes of at least 4 members (excludes halogenated alkanes) is 4. The van der Waals surface area contributed by atoms with Crippen molar-refractivity contribution in [2.24, 2.45) is 11.8 Å². The summed E-state index contributed by atoms with van der Waals surface area (Å²) in [6.07, 6.45) is 17.5. The summed E-state index contributed by atoms with van der Waals surface area (Å²) in [5.74, 6) is 2.97. The Morgan fingerprint density at radius 2 is 1.02 bits per heavy atom. The lowest BCUT2D eigenvalue weighted by Crippen LogP contribution is -2.23. The first-order valence-electron chi connectivity index (χ1n) is 16.6. The minimum Gasteiger partial charge on any atom is -0.315 e. The van der Waals surface area contributed by atoms with Crippen LogP contribution in [0.1, 0.15) is 151 Å². The highest BCUT2D eigenvalue weighted by Crippen LogP contribution is 2.39. The number of benzene rings is 2. The number of halogens is 2. The van der Waals surface area contributed by atoms with Gasteiger partial charge in [-0.1, -0.05) is 114 Å². The van der Waals surface area contributed by atoms with Gasteiger partial charge >= 0.3 is 6.11 Å². The van der Waals surface area contributed by atoms with Crippen molar-refractivity contribution in [3.8, 4) is 0 Å². The van der Waals surface area contributed by atoms with E-state index in [1.165, 1.54) is 114 Å². The molecule has 1 nitrogen and oxygen atoms in total. The second-order valence-corrected chi connectivity index (χ2v) is 13.0. The zero-order chi connectivity index (χ0) is 28.2. The molecule has 2 aliphatic rings. The highest BCUT2D eigenvalue weighted by Gasteiger charge is 2.31. The second-order valence-electron chi connectivity index (χ2n) is 13.0. The summed E-state index contributed by atoms with van der Waals surface area (Å²) >= 11 is 0. The van der Waals surface area contributed by atoms with Crippen LogP contribution in [0.2, 0.25) is 0 Å². The van der Waals surface area contributed by atoms with Crippen LogP contribution < -0.4 is 0 Å². The molecule has 0 N–H and O–H groups in total. The van der Waals surface area contributed by atoms with Crippen molar-refractivity contribution >= 4 is 0 Å². The van der Waals surface area contributed by atoms with Crippen molar-refractivity contribution in [3.05, 3.63) is 70.8 Å². The molecule has 2 fully saturated rings. The molecule has 3 heteroatoms. The van der Waals surface area contributed by atoms with Gasteiger partial charge in [0.15, 0.2) is 0 Å². The van der Waals surface area contributed by atoms with E-state index in [1.54, 1.807) is 0 Å². The molecule has 0 amide bonds. The van der Waals surface area contributed by atoms with E-state index in [9.17, 15) is 8.78 Å². The Morgan fingerprint density at radius 3 is 1.45 bits per heavy atom. The van der Waals surface area contributed by atoms with Crippen LogP contribution >= 0.6 is 0 Å². The number of alkyl halides is 2. The highest BCUT2D eigenvalue weighted by molar-refractivity contribution is 5.27. The van der Waals surface area contributed by atoms with E-state index in [-0.39, 0.29) is 13.0 Å².